The lowest BCUT2D eigenvalue weighted by molar-refractivity contribution is 0.173. The van der Waals surface area contributed by atoms with Gasteiger partial charge in [-0.3, -0.25) is 4.90 Å². The molecular formula is C17H21N3O2. The van der Waals surface area contributed by atoms with Crippen LogP contribution in [0.25, 0.3) is 5.57 Å². The van der Waals surface area contributed by atoms with Crippen LogP contribution in [-0.4, -0.2) is 35.2 Å². The van der Waals surface area contributed by atoms with Gasteiger partial charge in [-0.25, -0.2) is 0 Å². The van der Waals surface area contributed by atoms with E-state index < -0.39 is 0 Å². The Morgan fingerprint density at radius 1 is 1.32 bits per heavy atom. The van der Waals surface area contributed by atoms with Gasteiger partial charge in [-0.15, -0.1) is 0 Å². The van der Waals surface area contributed by atoms with Crippen molar-refractivity contribution in [2.24, 2.45) is 0 Å². The van der Waals surface area contributed by atoms with Crippen LogP contribution in [-0.2, 0) is 11.3 Å². The average Bonchev–Trinajstić information content (AvgIpc) is 3.04. The molecule has 1 atom stereocenters. The number of methoxy groups -OCH3 is 1. The summed E-state index contributed by atoms with van der Waals surface area (Å²) in [7, 11) is 1.63. The molecule has 0 aliphatic carbocycles. The van der Waals surface area contributed by atoms with Crippen LogP contribution in [0.3, 0.4) is 0 Å². The summed E-state index contributed by atoms with van der Waals surface area (Å²) >= 11 is 0. The first-order valence-electron chi connectivity index (χ1n) is 7.58. The molecule has 0 bridgehead atoms. The molecule has 22 heavy (non-hydrogen) atoms. The van der Waals surface area contributed by atoms with Gasteiger partial charge in [0.25, 0.3) is 0 Å². The minimum Gasteiger partial charge on any atom is -0.377 e. The Labute approximate surface area is 130 Å². The summed E-state index contributed by atoms with van der Waals surface area (Å²) in [5.74, 6) is 1.25. The fourth-order valence-corrected chi connectivity index (χ4v) is 2.74. The Kier molecular flexibility index (Phi) is 4.65. The SMILES string of the molecule is COCc1noc(C(C)N2CCC=C(c3ccccc3)C2)n1. The first kappa shape index (κ1) is 14.9. The van der Waals surface area contributed by atoms with Gasteiger partial charge in [-0.2, -0.15) is 4.98 Å². The molecule has 2 heterocycles. The van der Waals surface area contributed by atoms with Crippen molar-refractivity contribution in [1.29, 1.82) is 0 Å². The third kappa shape index (κ3) is 3.26. The molecular weight excluding hydrogens is 278 g/mol. The lowest BCUT2D eigenvalue weighted by Gasteiger charge is -2.30. The number of aromatic nitrogens is 2. The number of hydrogen-bond acceptors (Lipinski definition) is 5. The Morgan fingerprint density at radius 3 is 2.91 bits per heavy atom. The number of rotatable bonds is 5. The Hall–Kier alpha value is -1.98. The van der Waals surface area contributed by atoms with Crippen molar-refractivity contribution >= 4 is 5.57 Å². The van der Waals surface area contributed by atoms with Crippen molar-refractivity contribution < 1.29 is 9.26 Å². The van der Waals surface area contributed by atoms with Crippen LogP contribution >= 0.6 is 0 Å². The zero-order valence-corrected chi connectivity index (χ0v) is 13.0. The minimum absolute atomic E-state index is 0.102. The van der Waals surface area contributed by atoms with Crippen molar-refractivity contribution in [3.05, 3.63) is 53.7 Å². The quantitative estimate of drug-likeness (QED) is 0.849. The monoisotopic (exact) mass is 299 g/mol. The van der Waals surface area contributed by atoms with Crippen molar-refractivity contribution in [3.63, 3.8) is 0 Å². The molecule has 1 aromatic carbocycles. The third-order valence-electron chi connectivity index (χ3n) is 3.99. The van der Waals surface area contributed by atoms with Gasteiger partial charge in [0.05, 0.1) is 6.04 Å². The summed E-state index contributed by atoms with van der Waals surface area (Å²) < 4.78 is 10.4. The molecule has 0 saturated heterocycles. The zero-order valence-electron chi connectivity index (χ0n) is 13.0. The van der Waals surface area contributed by atoms with Crippen LogP contribution < -0.4 is 0 Å². The Bertz CT molecular complexity index is 636. The first-order chi connectivity index (χ1) is 10.8. The molecule has 5 heteroatoms. The van der Waals surface area contributed by atoms with E-state index in [2.05, 4.69) is 52.3 Å². The van der Waals surface area contributed by atoms with Crippen LogP contribution in [0, 0.1) is 0 Å². The second kappa shape index (κ2) is 6.85. The summed E-state index contributed by atoms with van der Waals surface area (Å²) in [6.07, 6.45) is 3.36. The van der Waals surface area contributed by atoms with Crippen LogP contribution in [0.4, 0.5) is 0 Å². The highest BCUT2D eigenvalue weighted by molar-refractivity contribution is 5.67. The van der Waals surface area contributed by atoms with Crippen molar-refractivity contribution in [3.8, 4) is 0 Å². The first-order valence-corrected chi connectivity index (χ1v) is 7.58. The van der Waals surface area contributed by atoms with E-state index in [-0.39, 0.29) is 6.04 Å². The van der Waals surface area contributed by atoms with Gasteiger partial charge in [0.1, 0.15) is 6.61 Å². The molecule has 0 amide bonds. The van der Waals surface area contributed by atoms with Gasteiger partial charge in [0.15, 0.2) is 5.82 Å². The smallest absolute Gasteiger partial charge is 0.243 e. The van der Waals surface area contributed by atoms with E-state index in [1.807, 2.05) is 6.07 Å². The van der Waals surface area contributed by atoms with E-state index >= 15 is 0 Å². The number of ether oxygens (including phenoxy) is 1. The Balaban J connectivity index is 1.71. The second-order valence-corrected chi connectivity index (χ2v) is 5.51. The van der Waals surface area contributed by atoms with E-state index in [1.54, 1.807) is 7.11 Å². The van der Waals surface area contributed by atoms with Crippen molar-refractivity contribution in [2.45, 2.75) is 26.0 Å². The molecule has 1 unspecified atom stereocenters. The standard InChI is InChI=1S/C17H21N3O2/c1-13(17-18-16(12-21-2)19-22-17)20-10-6-9-15(11-20)14-7-4-3-5-8-14/h3-5,7-9,13H,6,10-12H2,1-2H3. The molecule has 3 rings (SSSR count). The molecule has 1 aliphatic rings. The van der Waals surface area contributed by atoms with Gasteiger partial charge in [-0.05, 0) is 24.5 Å². The van der Waals surface area contributed by atoms with E-state index in [0.29, 0.717) is 18.3 Å². The van der Waals surface area contributed by atoms with Crippen LogP contribution in [0.1, 0.15) is 36.7 Å². The lowest BCUT2D eigenvalue weighted by atomic mass is 10.0. The molecule has 1 aromatic heterocycles. The zero-order chi connectivity index (χ0) is 15.4. The maximum Gasteiger partial charge on any atom is 0.243 e. The van der Waals surface area contributed by atoms with Crippen LogP contribution in [0.5, 0.6) is 0 Å². The van der Waals surface area contributed by atoms with E-state index in [9.17, 15) is 0 Å². The number of benzene rings is 1. The maximum atomic E-state index is 5.37. The van der Waals surface area contributed by atoms with Crippen LogP contribution in [0.2, 0.25) is 0 Å². The fourth-order valence-electron chi connectivity index (χ4n) is 2.74. The minimum atomic E-state index is 0.102. The van der Waals surface area contributed by atoms with Gasteiger partial charge < -0.3 is 9.26 Å². The molecule has 0 spiro atoms. The van der Waals surface area contributed by atoms with Gasteiger partial charge >= 0.3 is 0 Å². The maximum absolute atomic E-state index is 5.37. The summed E-state index contributed by atoms with van der Waals surface area (Å²) in [6.45, 7) is 4.39. The molecule has 0 fully saturated rings. The molecule has 1 aliphatic heterocycles. The summed E-state index contributed by atoms with van der Waals surface area (Å²) in [6, 6.07) is 10.6. The highest BCUT2D eigenvalue weighted by Gasteiger charge is 2.24. The predicted molar refractivity (Wildman–Crippen MR) is 84.0 cm³/mol. The van der Waals surface area contributed by atoms with Gasteiger partial charge in [0.2, 0.25) is 5.89 Å². The highest BCUT2D eigenvalue weighted by Crippen LogP contribution is 2.27. The molecule has 5 nitrogen and oxygen atoms in total. The van der Waals surface area contributed by atoms with E-state index in [1.165, 1.54) is 11.1 Å². The molecule has 116 valence electrons. The van der Waals surface area contributed by atoms with E-state index in [4.69, 9.17) is 9.26 Å². The topological polar surface area (TPSA) is 51.4 Å². The number of hydrogen-bond donors (Lipinski definition) is 0. The fraction of sp³-hybridized carbons (Fsp3) is 0.412. The van der Waals surface area contributed by atoms with Crippen LogP contribution in [0.15, 0.2) is 40.9 Å². The summed E-state index contributed by atoms with van der Waals surface area (Å²) in [5.41, 5.74) is 2.64. The van der Waals surface area contributed by atoms with Gasteiger partial charge in [-0.1, -0.05) is 41.6 Å². The second-order valence-electron chi connectivity index (χ2n) is 5.51. The van der Waals surface area contributed by atoms with Crippen molar-refractivity contribution in [2.75, 3.05) is 20.2 Å². The molecule has 0 saturated carbocycles. The van der Waals surface area contributed by atoms with Gasteiger partial charge in [0, 0.05) is 20.2 Å². The summed E-state index contributed by atoms with van der Waals surface area (Å²) in [4.78, 5) is 6.78. The largest absolute Gasteiger partial charge is 0.377 e. The predicted octanol–water partition coefficient (Wildman–Crippen LogP) is 3.07. The van der Waals surface area contributed by atoms with E-state index in [0.717, 1.165) is 19.5 Å². The lowest BCUT2D eigenvalue weighted by Crippen LogP contribution is -2.32. The Morgan fingerprint density at radius 2 is 2.14 bits per heavy atom. The number of nitrogens with zero attached hydrogens (tertiary/aromatic N) is 3. The normalized spacial score (nSPS) is 17.3. The molecule has 2 aromatic rings. The van der Waals surface area contributed by atoms with Crippen molar-refractivity contribution in [1.82, 2.24) is 15.0 Å². The third-order valence-corrected chi connectivity index (χ3v) is 3.99. The highest BCUT2D eigenvalue weighted by atomic mass is 16.5. The molecule has 0 N–H and O–H groups in total. The summed E-state index contributed by atoms with van der Waals surface area (Å²) in [5, 5.41) is 3.95. The average molecular weight is 299 g/mol. The molecule has 0 radical (unpaired) electrons.